The molecule has 1 fully saturated rings. The zero-order chi connectivity index (χ0) is 7.40. The molecule has 1 saturated heterocycles. The van der Waals surface area contributed by atoms with Gasteiger partial charge in [-0.15, -0.1) is 0 Å². The predicted octanol–water partition coefficient (Wildman–Crippen LogP) is -0.255. The first-order valence-corrected chi connectivity index (χ1v) is 3.72. The highest BCUT2D eigenvalue weighted by Gasteiger charge is 2.14. The molecular formula is C7H15N3. The molecule has 0 saturated carbocycles. The topological polar surface area (TPSA) is 64.1 Å². The molecule has 0 spiro atoms. The SMILES string of the molecule is N/C=C(\N)C1CCCNC1. The maximum absolute atomic E-state index is 5.64. The van der Waals surface area contributed by atoms with E-state index in [1.165, 1.54) is 19.0 Å². The molecule has 0 amide bonds. The van der Waals surface area contributed by atoms with Crippen molar-refractivity contribution in [3.63, 3.8) is 0 Å². The summed E-state index contributed by atoms with van der Waals surface area (Å²) in [7, 11) is 0. The number of piperidine rings is 1. The first-order valence-electron chi connectivity index (χ1n) is 3.72. The Morgan fingerprint density at radius 3 is 2.90 bits per heavy atom. The minimum Gasteiger partial charge on any atom is -0.403 e. The molecule has 1 heterocycles. The lowest BCUT2D eigenvalue weighted by Crippen LogP contribution is -2.33. The van der Waals surface area contributed by atoms with Crippen molar-refractivity contribution in [2.75, 3.05) is 13.1 Å². The lowest BCUT2D eigenvalue weighted by molar-refractivity contribution is 0.419. The standard InChI is InChI=1S/C7H15N3/c8-4-7(9)6-2-1-3-10-5-6/h4,6,10H,1-3,5,8-9H2/b7-4-. The van der Waals surface area contributed by atoms with Crippen molar-refractivity contribution >= 4 is 0 Å². The minimum absolute atomic E-state index is 0.471. The van der Waals surface area contributed by atoms with Crippen molar-refractivity contribution in [2.24, 2.45) is 17.4 Å². The Labute approximate surface area is 61.5 Å². The lowest BCUT2D eigenvalue weighted by Gasteiger charge is -2.22. The van der Waals surface area contributed by atoms with Gasteiger partial charge < -0.3 is 16.8 Å². The maximum Gasteiger partial charge on any atom is 0.0282 e. The summed E-state index contributed by atoms with van der Waals surface area (Å²) >= 11 is 0. The fourth-order valence-electron chi connectivity index (χ4n) is 1.27. The summed E-state index contributed by atoms with van der Waals surface area (Å²) in [4.78, 5) is 0. The van der Waals surface area contributed by atoms with Crippen LogP contribution in [0, 0.1) is 5.92 Å². The van der Waals surface area contributed by atoms with Gasteiger partial charge >= 0.3 is 0 Å². The number of hydrogen-bond acceptors (Lipinski definition) is 3. The van der Waals surface area contributed by atoms with Crippen LogP contribution in [0.25, 0.3) is 0 Å². The molecule has 0 aliphatic carbocycles. The van der Waals surface area contributed by atoms with Gasteiger partial charge in [0.2, 0.25) is 0 Å². The number of nitrogens with two attached hydrogens (primary N) is 2. The fourth-order valence-corrected chi connectivity index (χ4v) is 1.27. The largest absolute Gasteiger partial charge is 0.403 e. The van der Waals surface area contributed by atoms with Gasteiger partial charge in [0.25, 0.3) is 0 Å². The summed E-state index contributed by atoms with van der Waals surface area (Å²) in [5.74, 6) is 0.471. The van der Waals surface area contributed by atoms with Crippen LogP contribution in [0.15, 0.2) is 11.9 Å². The van der Waals surface area contributed by atoms with E-state index in [-0.39, 0.29) is 0 Å². The molecule has 3 heteroatoms. The van der Waals surface area contributed by atoms with E-state index in [0.717, 1.165) is 18.8 Å². The summed E-state index contributed by atoms with van der Waals surface area (Å²) in [5.41, 5.74) is 11.8. The van der Waals surface area contributed by atoms with E-state index < -0.39 is 0 Å². The Morgan fingerprint density at radius 1 is 1.60 bits per heavy atom. The van der Waals surface area contributed by atoms with Gasteiger partial charge in [0.05, 0.1) is 0 Å². The molecule has 0 aromatic rings. The Hall–Kier alpha value is -0.700. The summed E-state index contributed by atoms with van der Waals surface area (Å²) in [6, 6.07) is 0. The fraction of sp³-hybridized carbons (Fsp3) is 0.714. The minimum atomic E-state index is 0.471. The molecule has 58 valence electrons. The van der Waals surface area contributed by atoms with Gasteiger partial charge in [-0.05, 0) is 19.4 Å². The van der Waals surface area contributed by atoms with Crippen LogP contribution in [-0.2, 0) is 0 Å². The third-order valence-corrected chi connectivity index (χ3v) is 1.96. The third kappa shape index (κ3) is 1.64. The molecule has 10 heavy (non-hydrogen) atoms. The van der Waals surface area contributed by atoms with Crippen LogP contribution in [0.4, 0.5) is 0 Å². The van der Waals surface area contributed by atoms with Crippen LogP contribution >= 0.6 is 0 Å². The van der Waals surface area contributed by atoms with Gasteiger partial charge in [0.15, 0.2) is 0 Å². The van der Waals surface area contributed by atoms with Gasteiger partial charge in [-0.25, -0.2) is 0 Å². The average molecular weight is 141 g/mol. The van der Waals surface area contributed by atoms with Crippen molar-refractivity contribution in [1.29, 1.82) is 0 Å². The molecule has 3 nitrogen and oxygen atoms in total. The van der Waals surface area contributed by atoms with Crippen LogP contribution in [-0.4, -0.2) is 13.1 Å². The summed E-state index contributed by atoms with van der Waals surface area (Å²) in [6.45, 7) is 2.11. The first-order chi connectivity index (χ1) is 4.84. The van der Waals surface area contributed by atoms with Crippen LogP contribution in [0.1, 0.15) is 12.8 Å². The van der Waals surface area contributed by atoms with Crippen molar-refractivity contribution in [3.8, 4) is 0 Å². The molecular weight excluding hydrogens is 126 g/mol. The molecule has 1 aliphatic heterocycles. The van der Waals surface area contributed by atoms with E-state index in [1.807, 2.05) is 0 Å². The third-order valence-electron chi connectivity index (χ3n) is 1.96. The Balaban J connectivity index is 2.39. The van der Waals surface area contributed by atoms with E-state index in [1.54, 1.807) is 0 Å². The van der Waals surface area contributed by atoms with Crippen molar-refractivity contribution in [3.05, 3.63) is 11.9 Å². The summed E-state index contributed by atoms with van der Waals surface area (Å²) in [6.07, 6.45) is 3.89. The van der Waals surface area contributed by atoms with Crippen LogP contribution < -0.4 is 16.8 Å². The van der Waals surface area contributed by atoms with Crippen molar-refractivity contribution < 1.29 is 0 Å². The highest BCUT2D eigenvalue weighted by molar-refractivity contribution is 5.01. The Morgan fingerprint density at radius 2 is 2.40 bits per heavy atom. The van der Waals surface area contributed by atoms with Crippen LogP contribution in [0.2, 0.25) is 0 Å². The average Bonchev–Trinajstić information content (AvgIpc) is 2.05. The van der Waals surface area contributed by atoms with Crippen molar-refractivity contribution in [1.82, 2.24) is 5.32 Å². The molecule has 0 bridgehead atoms. The van der Waals surface area contributed by atoms with Gasteiger partial charge in [0, 0.05) is 24.4 Å². The van der Waals surface area contributed by atoms with Gasteiger partial charge in [0.1, 0.15) is 0 Å². The zero-order valence-corrected chi connectivity index (χ0v) is 6.14. The lowest BCUT2D eigenvalue weighted by atomic mass is 9.97. The molecule has 5 N–H and O–H groups in total. The van der Waals surface area contributed by atoms with Crippen molar-refractivity contribution in [2.45, 2.75) is 12.8 Å². The normalized spacial score (nSPS) is 28.4. The predicted molar refractivity (Wildman–Crippen MR) is 42.1 cm³/mol. The number of rotatable bonds is 1. The quantitative estimate of drug-likeness (QED) is 0.471. The van der Waals surface area contributed by atoms with E-state index in [4.69, 9.17) is 11.5 Å². The van der Waals surface area contributed by atoms with E-state index >= 15 is 0 Å². The number of hydrogen-bond donors (Lipinski definition) is 3. The molecule has 1 atom stereocenters. The smallest absolute Gasteiger partial charge is 0.0282 e. The maximum atomic E-state index is 5.64. The second-order valence-corrected chi connectivity index (χ2v) is 2.71. The monoisotopic (exact) mass is 141 g/mol. The van der Waals surface area contributed by atoms with E-state index in [2.05, 4.69) is 5.32 Å². The van der Waals surface area contributed by atoms with E-state index in [9.17, 15) is 0 Å². The number of nitrogens with one attached hydrogen (secondary N) is 1. The second kappa shape index (κ2) is 3.46. The van der Waals surface area contributed by atoms with Crippen LogP contribution in [0.5, 0.6) is 0 Å². The first kappa shape index (κ1) is 7.41. The highest BCUT2D eigenvalue weighted by atomic mass is 14.9. The summed E-state index contributed by atoms with van der Waals surface area (Å²) in [5, 5.41) is 3.27. The highest BCUT2D eigenvalue weighted by Crippen LogP contribution is 2.14. The summed E-state index contributed by atoms with van der Waals surface area (Å²) < 4.78 is 0. The Kier molecular flexibility index (Phi) is 2.57. The van der Waals surface area contributed by atoms with Crippen LogP contribution in [0.3, 0.4) is 0 Å². The molecule has 0 radical (unpaired) electrons. The van der Waals surface area contributed by atoms with Gasteiger partial charge in [-0.2, -0.15) is 0 Å². The molecule has 0 aromatic heterocycles. The van der Waals surface area contributed by atoms with E-state index in [0.29, 0.717) is 5.92 Å². The van der Waals surface area contributed by atoms with Gasteiger partial charge in [-0.3, -0.25) is 0 Å². The second-order valence-electron chi connectivity index (χ2n) is 2.71. The molecule has 1 rings (SSSR count). The van der Waals surface area contributed by atoms with Gasteiger partial charge in [-0.1, -0.05) is 0 Å². The molecule has 1 unspecified atom stereocenters. The molecule has 0 aromatic carbocycles. The zero-order valence-electron chi connectivity index (χ0n) is 6.14. The molecule has 1 aliphatic rings. The Bertz CT molecular complexity index is 125.